The van der Waals surface area contributed by atoms with Crippen molar-refractivity contribution < 1.29 is 15.0 Å². The van der Waals surface area contributed by atoms with Crippen LogP contribution in [-0.4, -0.2) is 26.1 Å². The Balaban J connectivity index is 1.74. The minimum absolute atomic E-state index is 0.0961. The molecule has 0 radical (unpaired) electrons. The second-order valence-corrected chi connectivity index (χ2v) is 6.06. The number of phenolic OH excluding ortho intramolecular Hbond substituents is 2. The highest BCUT2D eigenvalue weighted by Crippen LogP contribution is 2.36. The molecule has 2 aromatic heterocycles. The predicted molar refractivity (Wildman–Crippen MR) is 90.7 cm³/mol. The van der Waals surface area contributed by atoms with Gasteiger partial charge in [0, 0.05) is 39.8 Å². The molecular weight excluding hydrogens is 328 g/mol. The maximum atomic E-state index is 11.9. The lowest BCUT2D eigenvalue weighted by Crippen LogP contribution is -2.12. The van der Waals surface area contributed by atoms with Crippen molar-refractivity contribution in [2.45, 2.75) is 6.42 Å². The van der Waals surface area contributed by atoms with Crippen molar-refractivity contribution in [1.29, 1.82) is 0 Å². The smallest absolute Gasteiger partial charge is 0.228 e. The van der Waals surface area contributed by atoms with Crippen molar-refractivity contribution in [2.24, 2.45) is 0 Å². The lowest BCUT2D eigenvalue weighted by Gasteiger charge is -2.09. The molecule has 0 unspecified atom stereocenters. The Labute approximate surface area is 140 Å². The summed E-state index contributed by atoms with van der Waals surface area (Å²) in [5, 5.41) is 28.6. The lowest BCUT2D eigenvalue weighted by atomic mass is 10.1. The van der Waals surface area contributed by atoms with Gasteiger partial charge in [-0.1, -0.05) is 0 Å². The Morgan fingerprint density at radius 2 is 2.08 bits per heavy atom. The summed E-state index contributed by atoms with van der Waals surface area (Å²) in [5.74, 6) is -0.188. The number of phenols is 2. The van der Waals surface area contributed by atoms with E-state index >= 15 is 0 Å². The van der Waals surface area contributed by atoms with E-state index in [0.29, 0.717) is 17.3 Å². The maximum Gasteiger partial charge on any atom is 0.228 e. The number of fused-ring (bicyclic) bond motifs is 3. The summed E-state index contributed by atoms with van der Waals surface area (Å²) in [7, 11) is 0. The van der Waals surface area contributed by atoms with Gasteiger partial charge in [-0.25, -0.2) is 9.97 Å². The number of nitrogens with zero attached hydrogens (tertiary/aromatic N) is 2. The Morgan fingerprint density at radius 3 is 2.92 bits per heavy atom. The van der Waals surface area contributed by atoms with Crippen molar-refractivity contribution in [3.05, 3.63) is 40.7 Å². The van der Waals surface area contributed by atoms with Gasteiger partial charge in [-0.3, -0.25) is 4.79 Å². The van der Waals surface area contributed by atoms with Gasteiger partial charge in [-0.2, -0.15) is 0 Å². The number of rotatable bonds is 2. The highest BCUT2D eigenvalue weighted by molar-refractivity contribution is 7.08. The molecule has 0 atom stereocenters. The minimum atomic E-state index is -0.232. The van der Waals surface area contributed by atoms with Gasteiger partial charge in [0.05, 0.1) is 17.8 Å². The van der Waals surface area contributed by atoms with E-state index in [-0.39, 0.29) is 23.8 Å². The molecule has 0 bridgehead atoms. The third kappa shape index (κ3) is 2.52. The lowest BCUT2D eigenvalue weighted by molar-refractivity contribution is -0.115. The normalized spacial score (nSPS) is 12.8. The quantitative estimate of drug-likeness (QED) is 0.422. The molecule has 7 nitrogen and oxygen atoms in total. The molecule has 120 valence electrons. The van der Waals surface area contributed by atoms with Gasteiger partial charge in [0.2, 0.25) is 11.9 Å². The number of benzene rings is 1. The first-order valence-corrected chi connectivity index (χ1v) is 8.06. The summed E-state index contributed by atoms with van der Waals surface area (Å²) in [6, 6.07) is 4.36. The minimum Gasteiger partial charge on any atom is -0.504 e. The molecule has 3 aromatic rings. The van der Waals surface area contributed by atoms with Crippen molar-refractivity contribution >= 4 is 34.6 Å². The second kappa shape index (κ2) is 5.50. The molecule has 4 N–H and O–H groups in total. The molecule has 3 heterocycles. The zero-order chi connectivity index (χ0) is 16.7. The number of aromatic hydroxyl groups is 2. The number of anilines is 3. The van der Waals surface area contributed by atoms with Gasteiger partial charge in [0.1, 0.15) is 0 Å². The molecule has 1 aromatic carbocycles. The van der Waals surface area contributed by atoms with Crippen LogP contribution in [0.25, 0.3) is 11.3 Å². The summed E-state index contributed by atoms with van der Waals surface area (Å²) in [4.78, 5) is 20.7. The SMILES string of the molecule is O=C1Cc2cnc(Nc3ccc(O)c(O)c3)nc2-c2cscc2N1. The number of aromatic nitrogens is 2. The average Bonchev–Trinajstić information content (AvgIpc) is 2.95. The molecule has 1 aliphatic heterocycles. The fourth-order valence-corrected chi connectivity index (χ4v) is 3.27. The first-order chi connectivity index (χ1) is 11.6. The Bertz CT molecular complexity index is 954. The molecular formula is C16H12N4O3S. The van der Waals surface area contributed by atoms with Crippen LogP contribution in [-0.2, 0) is 11.2 Å². The molecule has 0 spiro atoms. The Morgan fingerprint density at radius 1 is 1.21 bits per heavy atom. The molecule has 0 saturated heterocycles. The topological polar surface area (TPSA) is 107 Å². The van der Waals surface area contributed by atoms with E-state index in [1.165, 1.54) is 23.5 Å². The van der Waals surface area contributed by atoms with Gasteiger partial charge >= 0.3 is 0 Å². The number of hydrogen-bond donors (Lipinski definition) is 4. The van der Waals surface area contributed by atoms with E-state index in [9.17, 15) is 15.0 Å². The zero-order valence-electron chi connectivity index (χ0n) is 12.3. The van der Waals surface area contributed by atoms with Crippen molar-refractivity contribution in [2.75, 3.05) is 10.6 Å². The zero-order valence-corrected chi connectivity index (χ0v) is 13.1. The Kier molecular flexibility index (Phi) is 3.31. The van der Waals surface area contributed by atoms with Crippen LogP contribution in [0.15, 0.2) is 35.2 Å². The molecule has 0 aliphatic carbocycles. The first kappa shape index (κ1) is 14.5. The summed E-state index contributed by atoms with van der Waals surface area (Å²) >= 11 is 1.49. The fourth-order valence-electron chi connectivity index (χ4n) is 2.50. The summed E-state index contributed by atoms with van der Waals surface area (Å²) in [6.45, 7) is 0. The van der Waals surface area contributed by atoms with Gasteiger partial charge in [0.25, 0.3) is 0 Å². The molecule has 1 amide bonds. The summed E-state index contributed by atoms with van der Waals surface area (Å²) < 4.78 is 0. The van der Waals surface area contributed by atoms with E-state index in [0.717, 1.165) is 16.8 Å². The predicted octanol–water partition coefficient (Wildman–Crippen LogP) is 2.85. The molecule has 0 saturated carbocycles. The van der Waals surface area contributed by atoms with Crippen LogP contribution in [0.2, 0.25) is 0 Å². The number of nitrogens with one attached hydrogen (secondary N) is 2. The molecule has 1 aliphatic rings. The Hall–Kier alpha value is -3.13. The van der Waals surface area contributed by atoms with Crippen molar-refractivity contribution in [3.8, 4) is 22.8 Å². The van der Waals surface area contributed by atoms with Gasteiger partial charge < -0.3 is 20.8 Å². The van der Waals surface area contributed by atoms with Crippen molar-refractivity contribution in [1.82, 2.24) is 9.97 Å². The maximum absolute atomic E-state index is 11.9. The standard InChI is InChI=1S/C16H12N4O3S/c21-12-2-1-9(4-13(12)22)18-16-17-5-8-3-14(23)19-11-7-24-6-10(11)15(8)20-16/h1-2,4-7,21-22H,3H2,(H,19,23)(H,17,18,20). The fraction of sp³-hybridized carbons (Fsp3) is 0.0625. The molecule has 24 heavy (non-hydrogen) atoms. The van der Waals surface area contributed by atoms with E-state index in [1.807, 2.05) is 10.8 Å². The third-order valence-corrected chi connectivity index (χ3v) is 4.38. The molecule has 4 rings (SSSR count). The average molecular weight is 340 g/mol. The van der Waals surface area contributed by atoms with Gasteiger partial charge in [0.15, 0.2) is 11.5 Å². The van der Waals surface area contributed by atoms with E-state index < -0.39 is 0 Å². The number of hydrogen-bond acceptors (Lipinski definition) is 7. The van der Waals surface area contributed by atoms with Crippen LogP contribution in [0, 0.1) is 0 Å². The largest absolute Gasteiger partial charge is 0.504 e. The van der Waals surface area contributed by atoms with Crippen LogP contribution in [0.3, 0.4) is 0 Å². The van der Waals surface area contributed by atoms with E-state index in [1.54, 1.807) is 12.3 Å². The first-order valence-electron chi connectivity index (χ1n) is 7.11. The van der Waals surface area contributed by atoms with Crippen LogP contribution >= 0.6 is 11.3 Å². The van der Waals surface area contributed by atoms with Gasteiger partial charge in [-0.15, -0.1) is 11.3 Å². The third-order valence-electron chi connectivity index (χ3n) is 3.64. The van der Waals surface area contributed by atoms with Crippen molar-refractivity contribution in [3.63, 3.8) is 0 Å². The van der Waals surface area contributed by atoms with E-state index in [2.05, 4.69) is 20.6 Å². The summed E-state index contributed by atoms with van der Waals surface area (Å²) in [5.41, 5.74) is 3.60. The van der Waals surface area contributed by atoms with Crippen LogP contribution in [0.5, 0.6) is 11.5 Å². The van der Waals surface area contributed by atoms with Gasteiger partial charge in [-0.05, 0) is 12.1 Å². The number of thiophene rings is 1. The highest BCUT2D eigenvalue weighted by atomic mass is 32.1. The molecule has 8 heteroatoms. The second-order valence-electron chi connectivity index (χ2n) is 5.32. The number of amides is 1. The highest BCUT2D eigenvalue weighted by Gasteiger charge is 2.21. The van der Waals surface area contributed by atoms with Crippen LogP contribution in [0.4, 0.5) is 17.3 Å². The summed E-state index contributed by atoms with van der Waals surface area (Å²) in [6.07, 6.45) is 1.84. The molecule has 0 fully saturated rings. The van der Waals surface area contributed by atoms with Crippen LogP contribution in [0.1, 0.15) is 5.56 Å². The monoisotopic (exact) mass is 340 g/mol. The van der Waals surface area contributed by atoms with E-state index in [4.69, 9.17) is 0 Å². The number of carbonyl (C=O) groups excluding carboxylic acids is 1. The number of carbonyl (C=O) groups is 1. The van der Waals surface area contributed by atoms with Crippen LogP contribution < -0.4 is 10.6 Å².